The van der Waals surface area contributed by atoms with Crippen LogP contribution in [-0.4, -0.2) is 15.6 Å². The molecular formula is C32H23ClN2O3. The summed E-state index contributed by atoms with van der Waals surface area (Å²) < 4.78 is 8.31. The van der Waals surface area contributed by atoms with Crippen LogP contribution in [0.15, 0.2) is 109 Å². The maximum absolute atomic E-state index is 12.4. The molecule has 5 aromatic carbocycles. The van der Waals surface area contributed by atoms with Gasteiger partial charge in [0.25, 0.3) is 0 Å². The number of halogens is 1. The Bertz CT molecular complexity index is 1810. The number of phenolic OH excluding ortho intramolecular Hbond substituents is 1. The lowest BCUT2D eigenvalue weighted by atomic mass is 10.0. The predicted molar refractivity (Wildman–Crippen MR) is 152 cm³/mol. The molecule has 186 valence electrons. The topological polar surface area (TPSA) is 77.5 Å². The third-order valence-electron chi connectivity index (χ3n) is 6.69. The Kier molecular flexibility index (Phi) is 5.98. The molecule has 38 heavy (non-hydrogen) atoms. The van der Waals surface area contributed by atoms with Gasteiger partial charge in [-0.1, -0.05) is 66.2 Å². The Balaban J connectivity index is 1.58. The third-order valence-corrected chi connectivity index (χ3v) is 6.94. The Labute approximate surface area is 224 Å². The molecule has 0 aliphatic heterocycles. The number of ether oxygens (including phenoxy) is 1. The van der Waals surface area contributed by atoms with Crippen LogP contribution < -0.4 is 10.5 Å². The molecule has 0 bridgehead atoms. The molecular weight excluding hydrogens is 496 g/mol. The number of aromatic nitrogens is 1. The summed E-state index contributed by atoms with van der Waals surface area (Å²) in [7, 11) is 0. The van der Waals surface area contributed by atoms with Gasteiger partial charge in [0.15, 0.2) is 0 Å². The molecule has 0 fully saturated rings. The van der Waals surface area contributed by atoms with Crippen molar-refractivity contribution in [2.45, 2.75) is 6.54 Å². The lowest BCUT2D eigenvalue weighted by Crippen LogP contribution is -2.11. The SMILES string of the molecule is NC(=O)c1cccc2c1c1c(O)cc(-c3ccc(Cl)cc3)cc1n2Cc1ccccc1Oc1ccccc1. The molecule has 6 heteroatoms. The van der Waals surface area contributed by atoms with Crippen LogP contribution in [0.3, 0.4) is 0 Å². The van der Waals surface area contributed by atoms with Crippen molar-refractivity contribution in [1.29, 1.82) is 0 Å². The van der Waals surface area contributed by atoms with Gasteiger partial charge in [-0.05, 0) is 65.7 Å². The number of nitrogens with two attached hydrogens (primary N) is 1. The highest BCUT2D eigenvalue weighted by atomic mass is 35.5. The van der Waals surface area contributed by atoms with Gasteiger partial charge in [0.2, 0.25) is 5.91 Å². The summed E-state index contributed by atoms with van der Waals surface area (Å²) in [4.78, 5) is 12.4. The molecule has 1 amide bonds. The zero-order valence-corrected chi connectivity index (χ0v) is 21.0. The van der Waals surface area contributed by atoms with E-state index in [0.717, 1.165) is 39.2 Å². The number of primary amides is 1. The molecule has 3 N–H and O–H groups in total. The average Bonchev–Trinajstić information content (AvgIpc) is 3.24. The molecule has 6 rings (SSSR count). The standard InChI is InChI=1S/C32H23ClN2O3/c33-23-15-13-20(14-16-23)22-17-27-31(28(36)18-22)30-25(32(34)37)10-6-11-26(30)35(27)19-21-7-4-5-12-29(21)38-24-8-2-1-3-9-24/h1-18,36H,19H2,(H2,34,37). The summed E-state index contributed by atoms with van der Waals surface area (Å²) in [5.41, 5.74) is 10.4. The van der Waals surface area contributed by atoms with E-state index < -0.39 is 5.91 Å². The molecule has 0 spiro atoms. The van der Waals surface area contributed by atoms with Crippen molar-refractivity contribution in [2.24, 2.45) is 5.73 Å². The Morgan fingerprint density at radius 1 is 0.789 bits per heavy atom. The monoisotopic (exact) mass is 518 g/mol. The fourth-order valence-corrected chi connectivity index (χ4v) is 5.07. The van der Waals surface area contributed by atoms with Crippen molar-refractivity contribution in [1.82, 2.24) is 4.57 Å². The van der Waals surface area contributed by atoms with E-state index in [1.165, 1.54) is 0 Å². The highest BCUT2D eigenvalue weighted by Gasteiger charge is 2.21. The van der Waals surface area contributed by atoms with Gasteiger partial charge in [-0.25, -0.2) is 0 Å². The van der Waals surface area contributed by atoms with Crippen LogP contribution in [0.1, 0.15) is 15.9 Å². The first kappa shape index (κ1) is 23.6. The summed E-state index contributed by atoms with van der Waals surface area (Å²) in [6, 6.07) is 34.1. The van der Waals surface area contributed by atoms with E-state index in [4.69, 9.17) is 22.1 Å². The number of aromatic hydroxyl groups is 1. The molecule has 6 aromatic rings. The minimum atomic E-state index is -0.552. The predicted octanol–water partition coefficient (Wildman–Crippen LogP) is 7.76. The average molecular weight is 519 g/mol. The molecule has 0 unspecified atom stereocenters. The van der Waals surface area contributed by atoms with E-state index in [1.807, 2.05) is 91.0 Å². The first-order valence-corrected chi connectivity index (χ1v) is 12.5. The second-order valence-corrected chi connectivity index (χ2v) is 9.51. The van der Waals surface area contributed by atoms with Crippen LogP contribution in [0.2, 0.25) is 5.02 Å². The number of amides is 1. The van der Waals surface area contributed by atoms with E-state index in [0.29, 0.717) is 27.9 Å². The third kappa shape index (κ3) is 4.23. The number of benzene rings is 5. The van der Waals surface area contributed by atoms with E-state index in [1.54, 1.807) is 18.2 Å². The first-order valence-electron chi connectivity index (χ1n) is 12.1. The lowest BCUT2D eigenvalue weighted by molar-refractivity contribution is 0.100. The lowest BCUT2D eigenvalue weighted by Gasteiger charge is -2.14. The van der Waals surface area contributed by atoms with E-state index >= 15 is 0 Å². The van der Waals surface area contributed by atoms with Gasteiger partial charge in [0.1, 0.15) is 17.2 Å². The minimum absolute atomic E-state index is 0.0683. The maximum atomic E-state index is 12.4. The number of carbonyl (C=O) groups is 1. The van der Waals surface area contributed by atoms with Gasteiger partial charge in [-0.15, -0.1) is 0 Å². The van der Waals surface area contributed by atoms with Crippen molar-refractivity contribution in [3.63, 3.8) is 0 Å². The van der Waals surface area contributed by atoms with Crippen molar-refractivity contribution < 1.29 is 14.6 Å². The quantitative estimate of drug-likeness (QED) is 0.236. The highest BCUT2D eigenvalue weighted by molar-refractivity contribution is 6.30. The largest absolute Gasteiger partial charge is 0.507 e. The van der Waals surface area contributed by atoms with E-state index in [2.05, 4.69) is 4.57 Å². The number of hydrogen-bond acceptors (Lipinski definition) is 3. The smallest absolute Gasteiger partial charge is 0.249 e. The van der Waals surface area contributed by atoms with Crippen molar-refractivity contribution >= 4 is 39.3 Å². The van der Waals surface area contributed by atoms with E-state index in [-0.39, 0.29) is 5.75 Å². The molecule has 0 saturated heterocycles. The number of rotatable bonds is 6. The molecule has 0 saturated carbocycles. The summed E-state index contributed by atoms with van der Waals surface area (Å²) in [5, 5.41) is 13.1. The Morgan fingerprint density at radius 2 is 1.53 bits per heavy atom. The number of phenols is 1. The summed E-state index contributed by atoms with van der Waals surface area (Å²) in [6.07, 6.45) is 0. The number of nitrogens with zero attached hydrogens (tertiary/aromatic N) is 1. The zero-order valence-electron chi connectivity index (χ0n) is 20.3. The van der Waals surface area contributed by atoms with Crippen LogP contribution in [0.25, 0.3) is 32.9 Å². The van der Waals surface area contributed by atoms with Gasteiger partial charge in [0.05, 0.1) is 23.0 Å². The van der Waals surface area contributed by atoms with Crippen LogP contribution in [0, 0.1) is 0 Å². The zero-order chi connectivity index (χ0) is 26.2. The second-order valence-electron chi connectivity index (χ2n) is 9.07. The second kappa shape index (κ2) is 9.61. The van der Waals surface area contributed by atoms with Gasteiger partial charge < -0.3 is 20.1 Å². The van der Waals surface area contributed by atoms with Crippen molar-refractivity contribution in [3.8, 4) is 28.4 Å². The van der Waals surface area contributed by atoms with Crippen LogP contribution in [0.4, 0.5) is 0 Å². The van der Waals surface area contributed by atoms with Gasteiger partial charge in [-0.2, -0.15) is 0 Å². The molecule has 0 aliphatic rings. The van der Waals surface area contributed by atoms with Crippen LogP contribution in [-0.2, 0) is 6.54 Å². The van der Waals surface area contributed by atoms with Gasteiger partial charge in [0, 0.05) is 21.5 Å². The normalized spacial score (nSPS) is 11.2. The van der Waals surface area contributed by atoms with Crippen molar-refractivity contribution in [3.05, 3.63) is 125 Å². The Morgan fingerprint density at radius 3 is 2.29 bits per heavy atom. The van der Waals surface area contributed by atoms with Crippen molar-refractivity contribution in [2.75, 3.05) is 0 Å². The number of fused-ring (bicyclic) bond motifs is 3. The summed E-state index contributed by atoms with van der Waals surface area (Å²) in [5.74, 6) is 0.973. The summed E-state index contributed by atoms with van der Waals surface area (Å²) >= 11 is 6.11. The highest BCUT2D eigenvalue weighted by Crippen LogP contribution is 2.41. The molecule has 1 aromatic heterocycles. The fraction of sp³-hybridized carbons (Fsp3) is 0.0312. The number of carbonyl (C=O) groups excluding carboxylic acids is 1. The first-order chi connectivity index (χ1) is 18.5. The molecule has 0 aliphatic carbocycles. The summed E-state index contributed by atoms with van der Waals surface area (Å²) in [6.45, 7) is 0.439. The molecule has 0 radical (unpaired) electrons. The van der Waals surface area contributed by atoms with Gasteiger partial charge in [-0.3, -0.25) is 4.79 Å². The Hall–Kier alpha value is -4.74. The number of hydrogen-bond donors (Lipinski definition) is 2. The van der Waals surface area contributed by atoms with Gasteiger partial charge >= 0.3 is 0 Å². The molecule has 1 heterocycles. The van der Waals surface area contributed by atoms with Crippen LogP contribution in [0.5, 0.6) is 17.2 Å². The maximum Gasteiger partial charge on any atom is 0.249 e. The number of para-hydroxylation sites is 2. The van der Waals surface area contributed by atoms with Crippen LogP contribution >= 0.6 is 11.6 Å². The minimum Gasteiger partial charge on any atom is -0.507 e. The van der Waals surface area contributed by atoms with E-state index in [9.17, 15) is 9.90 Å². The molecule has 5 nitrogen and oxygen atoms in total. The molecule has 0 atom stereocenters. The fourth-order valence-electron chi connectivity index (χ4n) is 4.94.